The van der Waals surface area contributed by atoms with E-state index in [4.69, 9.17) is 4.74 Å². The van der Waals surface area contributed by atoms with Crippen molar-refractivity contribution in [2.45, 2.75) is 83.8 Å². The van der Waals surface area contributed by atoms with E-state index in [0.717, 1.165) is 25.0 Å². The number of hydrogen-bond donors (Lipinski definition) is 2. The number of phenolic OH excluding ortho intramolecular Hbond substituents is 1. The van der Waals surface area contributed by atoms with E-state index in [1.807, 2.05) is 0 Å². The number of carbonyl (C=O) groups excluding carboxylic acids is 1. The number of phenols is 1. The fourth-order valence-electron chi connectivity index (χ4n) is 3.11. The van der Waals surface area contributed by atoms with E-state index in [0.29, 0.717) is 6.61 Å². The van der Waals surface area contributed by atoms with Crippen LogP contribution in [0.2, 0.25) is 0 Å². The number of aliphatic hydroxyl groups is 1. The molecule has 1 aromatic rings. The number of nitrogens with zero attached hydrogens (tertiary/aromatic N) is 1. The van der Waals surface area contributed by atoms with Gasteiger partial charge in [0, 0.05) is 18.1 Å². The summed E-state index contributed by atoms with van der Waals surface area (Å²) in [5, 5.41) is 30.0. The Morgan fingerprint density at radius 3 is 2.27 bits per heavy atom. The zero-order valence-corrected chi connectivity index (χ0v) is 17.9. The van der Waals surface area contributed by atoms with Crippen molar-refractivity contribution in [2.24, 2.45) is 0 Å². The number of nitro benzene ring substituents is 1. The maximum atomic E-state index is 12.1. The van der Waals surface area contributed by atoms with Gasteiger partial charge in [0.25, 0.3) is 0 Å². The topological polar surface area (TPSA) is 110 Å². The van der Waals surface area contributed by atoms with Gasteiger partial charge in [-0.2, -0.15) is 0 Å². The average molecular weight is 422 g/mol. The van der Waals surface area contributed by atoms with Crippen molar-refractivity contribution in [1.82, 2.24) is 0 Å². The van der Waals surface area contributed by atoms with Gasteiger partial charge < -0.3 is 14.9 Å². The molecule has 1 aromatic carbocycles. The second-order valence-corrected chi connectivity index (χ2v) is 7.46. The second kappa shape index (κ2) is 15.6. The molecule has 0 amide bonds. The largest absolute Gasteiger partial charge is 0.502 e. The van der Waals surface area contributed by atoms with Crippen molar-refractivity contribution in [3.8, 4) is 5.75 Å². The van der Waals surface area contributed by atoms with Crippen LogP contribution in [0, 0.1) is 10.1 Å². The normalized spacial score (nSPS) is 12.3. The standard InChI is InChI=1S/C23H35NO6/c1-2-3-4-5-6-7-8-9-10-11-17-30-23(27)14-12-13-21(25)19-15-16-20(24(28)29)22(26)18-19/h12,14-16,18,23,26-27H,2-11,13,17H2,1H3. The van der Waals surface area contributed by atoms with Gasteiger partial charge in [-0.15, -0.1) is 0 Å². The van der Waals surface area contributed by atoms with E-state index >= 15 is 0 Å². The molecule has 7 nitrogen and oxygen atoms in total. The van der Waals surface area contributed by atoms with Crippen molar-refractivity contribution in [3.05, 3.63) is 46.0 Å². The molecule has 0 heterocycles. The first-order chi connectivity index (χ1) is 14.5. The smallest absolute Gasteiger partial charge is 0.310 e. The summed E-state index contributed by atoms with van der Waals surface area (Å²) in [7, 11) is 0. The lowest BCUT2D eigenvalue weighted by atomic mass is 10.1. The molecule has 2 N–H and O–H groups in total. The summed E-state index contributed by atoms with van der Waals surface area (Å²) >= 11 is 0. The number of aliphatic hydroxyl groups excluding tert-OH is 1. The molecule has 0 aliphatic heterocycles. The van der Waals surface area contributed by atoms with E-state index in [1.165, 1.54) is 69.6 Å². The number of Topliss-reactive ketones (excluding diaryl/α,β-unsaturated/α-hetero) is 1. The zero-order valence-electron chi connectivity index (χ0n) is 17.9. The second-order valence-electron chi connectivity index (χ2n) is 7.46. The molecule has 0 spiro atoms. The number of rotatable bonds is 17. The highest BCUT2D eigenvalue weighted by Gasteiger charge is 2.15. The van der Waals surface area contributed by atoms with Gasteiger partial charge in [-0.3, -0.25) is 14.9 Å². The molecular formula is C23H35NO6. The van der Waals surface area contributed by atoms with E-state index in [2.05, 4.69) is 6.92 Å². The molecular weight excluding hydrogens is 386 g/mol. The molecule has 0 radical (unpaired) electrons. The highest BCUT2D eigenvalue weighted by atomic mass is 16.6. The number of carbonyl (C=O) groups is 1. The molecule has 1 atom stereocenters. The molecule has 1 unspecified atom stereocenters. The van der Waals surface area contributed by atoms with Gasteiger partial charge in [0.1, 0.15) is 0 Å². The Morgan fingerprint density at radius 2 is 1.70 bits per heavy atom. The lowest BCUT2D eigenvalue weighted by molar-refractivity contribution is -0.385. The van der Waals surface area contributed by atoms with Crippen molar-refractivity contribution < 1.29 is 24.7 Å². The number of ketones is 1. The van der Waals surface area contributed by atoms with Crippen molar-refractivity contribution in [2.75, 3.05) is 6.61 Å². The maximum Gasteiger partial charge on any atom is 0.310 e. The third-order valence-corrected chi connectivity index (χ3v) is 4.88. The molecule has 30 heavy (non-hydrogen) atoms. The quantitative estimate of drug-likeness (QED) is 0.0835. The first-order valence-electron chi connectivity index (χ1n) is 10.9. The summed E-state index contributed by atoms with van der Waals surface area (Å²) in [5.74, 6) is -0.868. The minimum Gasteiger partial charge on any atom is -0.502 e. The predicted molar refractivity (Wildman–Crippen MR) is 117 cm³/mol. The summed E-state index contributed by atoms with van der Waals surface area (Å²) in [6.07, 6.45) is 14.1. The highest BCUT2D eigenvalue weighted by molar-refractivity contribution is 5.97. The summed E-state index contributed by atoms with van der Waals surface area (Å²) in [6, 6.07) is 3.47. The van der Waals surface area contributed by atoms with Crippen LogP contribution in [0.5, 0.6) is 5.75 Å². The first kappa shape index (κ1) is 25.8. The third-order valence-electron chi connectivity index (χ3n) is 4.88. The van der Waals surface area contributed by atoms with Crippen LogP contribution >= 0.6 is 0 Å². The van der Waals surface area contributed by atoms with Gasteiger partial charge in [0.05, 0.1) is 11.5 Å². The molecule has 0 aromatic heterocycles. The van der Waals surface area contributed by atoms with Gasteiger partial charge >= 0.3 is 5.69 Å². The molecule has 0 fully saturated rings. The van der Waals surface area contributed by atoms with Crippen molar-refractivity contribution >= 4 is 11.5 Å². The molecule has 168 valence electrons. The van der Waals surface area contributed by atoms with Gasteiger partial charge in [0.2, 0.25) is 0 Å². The predicted octanol–water partition coefficient (Wildman–Crippen LogP) is 5.69. The third kappa shape index (κ3) is 11.1. The summed E-state index contributed by atoms with van der Waals surface area (Å²) in [6.45, 7) is 2.69. The molecule has 0 bridgehead atoms. The Hall–Kier alpha value is -2.25. The lowest BCUT2D eigenvalue weighted by Crippen LogP contribution is -2.09. The van der Waals surface area contributed by atoms with Crippen LogP contribution in [0.25, 0.3) is 0 Å². The van der Waals surface area contributed by atoms with Crippen LogP contribution in [0.1, 0.15) is 87.9 Å². The highest BCUT2D eigenvalue weighted by Crippen LogP contribution is 2.26. The molecule has 0 aliphatic rings. The molecule has 1 rings (SSSR count). The maximum absolute atomic E-state index is 12.1. The fourth-order valence-corrected chi connectivity index (χ4v) is 3.11. The minimum atomic E-state index is -1.07. The van der Waals surface area contributed by atoms with Gasteiger partial charge in [-0.1, -0.05) is 70.8 Å². The van der Waals surface area contributed by atoms with Crippen LogP contribution in [-0.4, -0.2) is 33.8 Å². The monoisotopic (exact) mass is 421 g/mol. The summed E-state index contributed by atoms with van der Waals surface area (Å²) in [5.41, 5.74) is -0.276. The molecule has 0 saturated heterocycles. The number of nitro groups is 1. The summed E-state index contributed by atoms with van der Waals surface area (Å²) < 4.78 is 5.31. The Morgan fingerprint density at radius 1 is 1.10 bits per heavy atom. The number of benzene rings is 1. The molecule has 0 saturated carbocycles. The zero-order chi connectivity index (χ0) is 22.2. The summed E-state index contributed by atoms with van der Waals surface area (Å²) in [4.78, 5) is 22.0. The van der Waals surface area contributed by atoms with Crippen LogP contribution in [0.15, 0.2) is 30.4 Å². The van der Waals surface area contributed by atoms with E-state index in [9.17, 15) is 25.1 Å². The minimum absolute atomic E-state index is 0.00404. The van der Waals surface area contributed by atoms with Gasteiger partial charge in [-0.05, 0) is 24.6 Å². The Kier molecular flexibility index (Phi) is 13.4. The van der Waals surface area contributed by atoms with E-state index in [1.54, 1.807) is 0 Å². The van der Waals surface area contributed by atoms with Crippen LogP contribution in [-0.2, 0) is 4.74 Å². The number of hydrogen-bond acceptors (Lipinski definition) is 6. The Bertz CT molecular complexity index is 674. The van der Waals surface area contributed by atoms with Crippen LogP contribution in [0.3, 0.4) is 0 Å². The van der Waals surface area contributed by atoms with Gasteiger partial charge in [-0.25, -0.2) is 0 Å². The van der Waals surface area contributed by atoms with Crippen molar-refractivity contribution in [3.63, 3.8) is 0 Å². The average Bonchev–Trinajstić information content (AvgIpc) is 2.71. The van der Waals surface area contributed by atoms with Crippen LogP contribution in [0.4, 0.5) is 5.69 Å². The number of ether oxygens (including phenoxy) is 1. The fraction of sp³-hybridized carbons (Fsp3) is 0.609. The van der Waals surface area contributed by atoms with Gasteiger partial charge in [0.15, 0.2) is 17.8 Å². The lowest BCUT2D eigenvalue weighted by Gasteiger charge is -2.08. The molecule has 7 heteroatoms. The number of unbranched alkanes of at least 4 members (excludes halogenated alkanes) is 9. The van der Waals surface area contributed by atoms with Crippen molar-refractivity contribution in [1.29, 1.82) is 0 Å². The SMILES string of the molecule is CCCCCCCCCCCCOC(O)C=CCC(=O)c1ccc([N+](=O)[O-])c(O)c1. The van der Waals surface area contributed by atoms with E-state index < -0.39 is 22.7 Å². The molecule has 0 aliphatic carbocycles. The van der Waals surface area contributed by atoms with E-state index in [-0.39, 0.29) is 17.8 Å². The number of aromatic hydroxyl groups is 1. The van der Waals surface area contributed by atoms with Crippen LogP contribution < -0.4 is 0 Å². The Balaban J connectivity index is 2.13. The Labute approximate surface area is 178 Å². The first-order valence-corrected chi connectivity index (χ1v) is 10.9. The number of allylic oxidation sites excluding steroid dienone is 1.